The quantitative estimate of drug-likeness (QED) is 0.457. The van der Waals surface area contributed by atoms with Crippen molar-refractivity contribution in [3.05, 3.63) is 58.6 Å². The van der Waals surface area contributed by atoms with Gasteiger partial charge in [0.15, 0.2) is 17.3 Å². The summed E-state index contributed by atoms with van der Waals surface area (Å²) in [5, 5.41) is 16.1. The van der Waals surface area contributed by atoms with Crippen molar-refractivity contribution in [3.63, 3.8) is 0 Å². The van der Waals surface area contributed by atoms with Crippen LogP contribution in [-0.2, 0) is 0 Å². The lowest BCUT2D eigenvalue weighted by atomic mass is 9.95. The van der Waals surface area contributed by atoms with Crippen molar-refractivity contribution in [2.45, 2.75) is 44.2 Å². The van der Waals surface area contributed by atoms with Gasteiger partial charge in [-0.15, -0.1) is 11.5 Å². The second-order valence-corrected chi connectivity index (χ2v) is 8.29. The first-order chi connectivity index (χ1) is 16.1. The normalized spacial score (nSPS) is 15.0. The Hall–Kier alpha value is -3.31. The van der Waals surface area contributed by atoms with Gasteiger partial charge in [0.1, 0.15) is 18.5 Å². The van der Waals surface area contributed by atoms with E-state index in [9.17, 15) is 4.39 Å². The molecule has 1 unspecified atom stereocenters. The van der Waals surface area contributed by atoms with E-state index in [1.165, 1.54) is 12.5 Å². The molecular weight excluding hydrogens is 445 g/mol. The van der Waals surface area contributed by atoms with Crippen molar-refractivity contribution in [1.82, 2.24) is 20.2 Å². The molecule has 1 aromatic heterocycles. The van der Waals surface area contributed by atoms with Gasteiger partial charge < -0.3 is 14.8 Å². The van der Waals surface area contributed by atoms with E-state index in [4.69, 9.17) is 27.5 Å². The lowest BCUT2D eigenvalue weighted by Crippen LogP contribution is -2.23. The van der Waals surface area contributed by atoms with Crippen LogP contribution in [0.25, 0.3) is 0 Å². The first-order valence-corrected chi connectivity index (χ1v) is 11.2. The SMILES string of the molecule is C#CCOc1ccc(C(Nc2ccc(F)c(Cl)c2)c2nnnn2C2CCCCC2)cc1OC. The lowest BCUT2D eigenvalue weighted by molar-refractivity contribution is 0.315. The van der Waals surface area contributed by atoms with Crippen molar-refractivity contribution in [3.8, 4) is 23.8 Å². The minimum absolute atomic E-state index is 0.0289. The Kier molecular flexibility index (Phi) is 7.30. The molecule has 1 aliphatic rings. The fourth-order valence-electron chi connectivity index (χ4n) is 4.13. The fourth-order valence-corrected chi connectivity index (χ4v) is 4.31. The average molecular weight is 470 g/mol. The molecule has 1 heterocycles. The molecule has 1 atom stereocenters. The third-order valence-corrected chi connectivity index (χ3v) is 6.05. The first kappa shape index (κ1) is 22.9. The van der Waals surface area contributed by atoms with Gasteiger partial charge in [-0.3, -0.25) is 0 Å². The predicted molar refractivity (Wildman–Crippen MR) is 124 cm³/mol. The molecule has 1 aliphatic carbocycles. The molecule has 1 N–H and O–H groups in total. The highest BCUT2D eigenvalue weighted by Crippen LogP contribution is 2.36. The highest BCUT2D eigenvalue weighted by Gasteiger charge is 2.27. The number of nitrogens with one attached hydrogen (secondary N) is 1. The summed E-state index contributed by atoms with van der Waals surface area (Å²) in [6.07, 6.45) is 10.9. The Labute approximate surface area is 197 Å². The number of hydrogen-bond acceptors (Lipinski definition) is 6. The van der Waals surface area contributed by atoms with Gasteiger partial charge in [-0.05, 0) is 59.2 Å². The van der Waals surface area contributed by atoms with Gasteiger partial charge in [0.2, 0.25) is 0 Å². The number of halogens is 2. The third-order valence-electron chi connectivity index (χ3n) is 5.76. The summed E-state index contributed by atoms with van der Waals surface area (Å²) in [5.74, 6) is 3.69. The highest BCUT2D eigenvalue weighted by molar-refractivity contribution is 6.31. The monoisotopic (exact) mass is 469 g/mol. The number of ether oxygens (including phenoxy) is 2. The molecule has 172 valence electrons. The van der Waals surface area contributed by atoms with Crippen LogP contribution in [0, 0.1) is 18.2 Å². The van der Waals surface area contributed by atoms with Crippen LogP contribution < -0.4 is 14.8 Å². The van der Waals surface area contributed by atoms with E-state index in [2.05, 4.69) is 26.8 Å². The van der Waals surface area contributed by atoms with E-state index < -0.39 is 11.9 Å². The van der Waals surface area contributed by atoms with E-state index in [0.29, 0.717) is 23.0 Å². The van der Waals surface area contributed by atoms with Crippen molar-refractivity contribution < 1.29 is 13.9 Å². The molecule has 0 saturated heterocycles. The minimum Gasteiger partial charge on any atom is -0.493 e. The van der Waals surface area contributed by atoms with Gasteiger partial charge in [-0.2, -0.15) is 0 Å². The Bertz CT molecular complexity index is 1140. The zero-order chi connectivity index (χ0) is 23.2. The smallest absolute Gasteiger partial charge is 0.178 e. The van der Waals surface area contributed by atoms with Crippen molar-refractivity contribution in [1.29, 1.82) is 0 Å². The maximum Gasteiger partial charge on any atom is 0.178 e. The lowest BCUT2D eigenvalue weighted by Gasteiger charge is -2.26. The van der Waals surface area contributed by atoms with Crippen LogP contribution in [0.3, 0.4) is 0 Å². The van der Waals surface area contributed by atoms with Crippen LogP contribution >= 0.6 is 11.6 Å². The first-order valence-electron chi connectivity index (χ1n) is 10.8. The Balaban J connectivity index is 1.75. The summed E-state index contributed by atoms with van der Waals surface area (Å²) in [6, 6.07) is 9.83. The molecule has 1 saturated carbocycles. The van der Waals surface area contributed by atoms with E-state index in [1.54, 1.807) is 25.3 Å². The third kappa shape index (κ3) is 5.20. The van der Waals surface area contributed by atoms with Gasteiger partial charge in [0.05, 0.1) is 18.2 Å². The van der Waals surface area contributed by atoms with Gasteiger partial charge in [0.25, 0.3) is 0 Å². The maximum atomic E-state index is 13.7. The van der Waals surface area contributed by atoms with Crippen LogP contribution in [0.1, 0.15) is 55.6 Å². The number of aromatic nitrogens is 4. The maximum absolute atomic E-state index is 13.7. The Morgan fingerprint density at radius 1 is 1.21 bits per heavy atom. The number of benzene rings is 2. The fraction of sp³-hybridized carbons (Fsp3) is 0.375. The molecule has 0 aliphatic heterocycles. The molecule has 0 radical (unpaired) electrons. The van der Waals surface area contributed by atoms with E-state index >= 15 is 0 Å². The number of terminal acetylenes is 1. The standard InChI is InChI=1S/C24H25ClFN5O2/c1-3-13-33-21-12-9-16(14-22(21)32-2)23(27-17-10-11-20(26)19(25)15-17)24-28-29-30-31(24)18-7-5-4-6-8-18/h1,9-12,14-15,18,23,27H,4-8,13H2,2H3. The van der Waals surface area contributed by atoms with Crippen LogP contribution in [0.4, 0.5) is 10.1 Å². The number of rotatable bonds is 8. The molecular formula is C24H25ClFN5O2. The molecule has 33 heavy (non-hydrogen) atoms. The average Bonchev–Trinajstić information content (AvgIpc) is 3.33. The number of tetrazole rings is 1. The van der Waals surface area contributed by atoms with E-state index in [1.807, 2.05) is 16.8 Å². The van der Waals surface area contributed by atoms with Gasteiger partial charge >= 0.3 is 0 Å². The zero-order valence-electron chi connectivity index (χ0n) is 18.3. The van der Waals surface area contributed by atoms with Crippen LogP contribution in [-0.4, -0.2) is 33.9 Å². The molecule has 0 amide bonds. The molecule has 0 bridgehead atoms. The molecule has 4 rings (SSSR count). The minimum atomic E-state index is -0.484. The van der Waals surface area contributed by atoms with Crippen LogP contribution in [0.15, 0.2) is 36.4 Å². The predicted octanol–water partition coefficient (Wildman–Crippen LogP) is 5.19. The van der Waals surface area contributed by atoms with Crippen LogP contribution in [0.2, 0.25) is 5.02 Å². The second-order valence-electron chi connectivity index (χ2n) is 7.88. The number of nitrogens with zero attached hydrogens (tertiary/aromatic N) is 4. The van der Waals surface area contributed by atoms with Gasteiger partial charge in [0, 0.05) is 5.69 Å². The van der Waals surface area contributed by atoms with Crippen molar-refractivity contribution in [2.24, 2.45) is 0 Å². The number of anilines is 1. The zero-order valence-corrected chi connectivity index (χ0v) is 19.1. The summed E-state index contributed by atoms with van der Waals surface area (Å²) in [6.45, 7) is 0.130. The molecule has 2 aromatic carbocycles. The molecule has 1 fully saturated rings. The summed E-state index contributed by atoms with van der Waals surface area (Å²) >= 11 is 6.02. The summed E-state index contributed by atoms with van der Waals surface area (Å²) < 4.78 is 26.8. The van der Waals surface area contributed by atoms with Crippen molar-refractivity contribution in [2.75, 3.05) is 19.0 Å². The Morgan fingerprint density at radius 3 is 2.76 bits per heavy atom. The topological polar surface area (TPSA) is 74.1 Å². The molecule has 9 heteroatoms. The summed E-state index contributed by atoms with van der Waals surface area (Å²) in [5.41, 5.74) is 1.48. The summed E-state index contributed by atoms with van der Waals surface area (Å²) in [4.78, 5) is 0. The van der Waals surface area contributed by atoms with Crippen LogP contribution in [0.5, 0.6) is 11.5 Å². The molecule has 7 nitrogen and oxygen atoms in total. The molecule has 0 spiro atoms. The van der Waals surface area contributed by atoms with E-state index in [-0.39, 0.29) is 17.7 Å². The van der Waals surface area contributed by atoms with Gasteiger partial charge in [-0.1, -0.05) is 42.9 Å². The second kappa shape index (κ2) is 10.5. The molecule has 3 aromatic rings. The van der Waals surface area contributed by atoms with Gasteiger partial charge in [-0.25, -0.2) is 9.07 Å². The summed E-state index contributed by atoms with van der Waals surface area (Å²) in [7, 11) is 1.57. The van der Waals surface area contributed by atoms with Crippen molar-refractivity contribution >= 4 is 17.3 Å². The highest BCUT2D eigenvalue weighted by atomic mass is 35.5. The Morgan fingerprint density at radius 2 is 2.03 bits per heavy atom. The van der Waals surface area contributed by atoms with E-state index in [0.717, 1.165) is 31.2 Å². The largest absolute Gasteiger partial charge is 0.493 e. The number of methoxy groups -OCH3 is 1. The number of hydrogen-bond donors (Lipinski definition) is 1.